The van der Waals surface area contributed by atoms with Crippen molar-refractivity contribution >= 4 is 38.8 Å². The van der Waals surface area contributed by atoms with Gasteiger partial charge in [0.05, 0.1) is 0 Å². The van der Waals surface area contributed by atoms with Crippen LogP contribution in [0.1, 0.15) is 18.9 Å². The smallest absolute Gasteiger partial charge is 0.389 e. The molecular weight excluding hydrogens is 341 g/mol. The molecule has 0 amide bonds. The molecule has 0 aliphatic heterocycles. The molecule has 0 saturated heterocycles. The number of nitrogens with zero attached hydrogens (tertiary/aromatic N) is 1. The Labute approximate surface area is 123 Å². The van der Waals surface area contributed by atoms with E-state index in [0.29, 0.717) is 22.1 Å². The summed E-state index contributed by atoms with van der Waals surface area (Å²) in [5, 5.41) is 0. The normalized spacial score (nSPS) is 11.4. The molecule has 0 heterocycles. The number of rotatable bonds is 5. The van der Waals surface area contributed by atoms with Crippen molar-refractivity contribution in [3.63, 3.8) is 0 Å². The lowest BCUT2D eigenvalue weighted by atomic mass is 10.1. The van der Waals surface area contributed by atoms with Crippen molar-refractivity contribution in [1.82, 2.24) is 0 Å². The van der Waals surface area contributed by atoms with E-state index in [1.165, 1.54) is 4.90 Å². The molecule has 0 bridgehead atoms. The number of benzene rings is 1. The predicted molar refractivity (Wildman–Crippen MR) is 78.6 cm³/mol. The van der Waals surface area contributed by atoms with Crippen molar-refractivity contribution in [2.75, 3.05) is 18.0 Å². The molecule has 1 aromatic carbocycles. The number of alkyl halides is 3. The average molecular weight is 355 g/mol. The Hall–Kier alpha value is -0.820. The van der Waals surface area contributed by atoms with Gasteiger partial charge in [-0.15, -0.1) is 0 Å². The summed E-state index contributed by atoms with van der Waals surface area (Å²) in [6.45, 7) is 1.08. The van der Waals surface area contributed by atoms with E-state index in [-0.39, 0.29) is 11.5 Å². The molecular formula is C12H14BrF3N2S. The highest BCUT2D eigenvalue weighted by molar-refractivity contribution is 9.10. The summed E-state index contributed by atoms with van der Waals surface area (Å²) in [6.07, 6.45) is -3.68. The van der Waals surface area contributed by atoms with E-state index < -0.39 is 12.7 Å². The van der Waals surface area contributed by atoms with Gasteiger partial charge >= 0.3 is 6.18 Å². The van der Waals surface area contributed by atoms with Crippen LogP contribution in [0.3, 0.4) is 0 Å². The first-order chi connectivity index (χ1) is 8.74. The third-order valence-corrected chi connectivity index (χ3v) is 3.14. The van der Waals surface area contributed by atoms with Crippen LogP contribution in [-0.4, -0.2) is 24.3 Å². The van der Waals surface area contributed by atoms with Crippen LogP contribution in [0, 0.1) is 0 Å². The standard InChI is InChI=1S/C12H14BrF3N2S/c1-2-5-18(7-12(14,15)16)10-6-8(13)3-4-9(10)11(17)19/h3-4,6H,2,5,7H2,1H3,(H2,17,19). The number of halogens is 4. The molecule has 0 fully saturated rings. The molecule has 0 aliphatic carbocycles. The lowest BCUT2D eigenvalue weighted by Gasteiger charge is -2.27. The fourth-order valence-corrected chi connectivity index (χ4v) is 2.27. The largest absolute Gasteiger partial charge is 0.405 e. The van der Waals surface area contributed by atoms with Gasteiger partial charge in [0.15, 0.2) is 0 Å². The van der Waals surface area contributed by atoms with Gasteiger partial charge in [-0.3, -0.25) is 0 Å². The molecule has 0 aromatic heterocycles. The van der Waals surface area contributed by atoms with Gasteiger partial charge < -0.3 is 10.6 Å². The molecule has 1 aromatic rings. The van der Waals surface area contributed by atoms with Gasteiger partial charge in [0, 0.05) is 22.3 Å². The van der Waals surface area contributed by atoms with E-state index in [2.05, 4.69) is 15.9 Å². The molecule has 2 N–H and O–H groups in total. The Bertz CT molecular complexity index is 463. The van der Waals surface area contributed by atoms with Crippen LogP contribution in [-0.2, 0) is 0 Å². The van der Waals surface area contributed by atoms with E-state index in [1.807, 2.05) is 6.92 Å². The van der Waals surface area contributed by atoms with Crippen molar-refractivity contribution in [3.05, 3.63) is 28.2 Å². The predicted octanol–water partition coefficient (Wildman–Crippen LogP) is 3.86. The highest BCUT2D eigenvalue weighted by Gasteiger charge is 2.31. The summed E-state index contributed by atoms with van der Waals surface area (Å²) >= 11 is 8.14. The zero-order valence-electron chi connectivity index (χ0n) is 10.3. The lowest BCUT2D eigenvalue weighted by molar-refractivity contribution is -0.119. The second-order valence-corrected chi connectivity index (χ2v) is 5.42. The van der Waals surface area contributed by atoms with Gasteiger partial charge in [-0.25, -0.2) is 0 Å². The van der Waals surface area contributed by atoms with Crippen LogP contribution in [0.4, 0.5) is 18.9 Å². The summed E-state index contributed by atoms with van der Waals surface area (Å²) in [5.41, 5.74) is 6.43. The molecule has 2 nitrogen and oxygen atoms in total. The Balaban J connectivity index is 3.20. The Kier molecular flexibility index (Phi) is 5.61. The summed E-state index contributed by atoms with van der Waals surface area (Å²) in [5.74, 6) is 0. The monoisotopic (exact) mass is 354 g/mol. The lowest BCUT2D eigenvalue weighted by Crippen LogP contribution is -2.36. The van der Waals surface area contributed by atoms with Gasteiger partial charge in [0.1, 0.15) is 11.5 Å². The molecule has 106 valence electrons. The Morgan fingerprint density at radius 2 is 2.05 bits per heavy atom. The molecule has 19 heavy (non-hydrogen) atoms. The minimum atomic E-state index is -4.27. The van der Waals surface area contributed by atoms with Crippen LogP contribution in [0.25, 0.3) is 0 Å². The minimum absolute atomic E-state index is 0.0887. The third-order valence-electron chi connectivity index (χ3n) is 2.43. The summed E-state index contributed by atoms with van der Waals surface area (Å²) < 4.78 is 38.6. The van der Waals surface area contributed by atoms with Gasteiger partial charge in [-0.1, -0.05) is 35.1 Å². The van der Waals surface area contributed by atoms with Crippen molar-refractivity contribution in [2.24, 2.45) is 5.73 Å². The summed E-state index contributed by atoms with van der Waals surface area (Å²) in [4.78, 5) is 1.34. The zero-order valence-corrected chi connectivity index (χ0v) is 12.7. The first-order valence-electron chi connectivity index (χ1n) is 5.65. The molecule has 0 aliphatic rings. The molecule has 7 heteroatoms. The zero-order chi connectivity index (χ0) is 14.6. The highest BCUT2D eigenvalue weighted by Crippen LogP contribution is 2.28. The second-order valence-electron chi connectivity index (χ2n) is 4.06. The van der Waals surface area contributed by atoms with Gasteiger partial charge in [0.25, 0.3) is 0 Å². The van der Waals surface area contributed by atoms with Crippen molar-refractivity contribution in [1.29, 1.82) is 0 Å². The quantitative estimate of drug-likeness (QED) is 0.814. The van der Waals surface area contributed by atoms with E-state index >= 15 is 0 Å². The topological polar surface area (TPSA) is 29.3 Å². The van der Waals surface area contributed by atoms with Gasteiger partial charge in [0.2, 0.25) is 0 Å². The maximum absolute atomic E-state index is 12.6. The highest BCUT2D eigenvalue weighted by atomic mass is 79.9. The second kappa shape index (κ2) is 6.56. The van der Waals surface area contributed by atoms with Crippen LogP contribution >= 0.6 is 28.1 Å². The fraction of sp³-hybridized carbons (Fsp3) is 0.417. The molecule has 0 unspecified atom stereocenters. The maximum Gasteiger partial charge on any atom is 0.405 e. The number of anilines is 1. The first-order valence-corrected chi connectivity index (χ1v) is 6.85. The maximum atomic E-state index is 12.6. The van der Waals surface area contributed by atoms with Crippen LogP contribution in [0.15, 0.2) is 22.7 Å². The summed E-state index contributed by atoms with van der Waals surface area (Å²) in [6, 6.07) is 4.94. The number of hydrogen-bond acceptors (Lipinski definition) is 2. The van der Waals surface area contributed by atoms with Gasteiger partial charge in [-0.05, 0) is 24.6 Å². The van der Waals surface area contributed by atoms with Crippen LogP contribution in [0.2, 0.25) is 0 Å². The van der Waals surface area contributed by atoms with E-state index in [1.54, 1.807) is 18.2 Å². The third kappa shape index (κ3) is 4.99. The van der Waals surface area contributed by atoms with E-state index in [0.717, 1.165) is 0 Å². The number of thiocarbonyl (C=S) groups is 1. The minimum Gasteiger partial charge on any atom is -0.389 e. The average Bonchev–Trinajstić information content (AvgIpc) is 2.26. The van der Waals surface area contributed by atoms with Crippen LogP contribution < -0.4 is 10.6 Å². The number of nitrogens with two attached hydrogens (primary N) is 1. The van der Waals surface area contributed by atoms with Gasteiger partial charge in [-0.2, -0.15) is 13.2 Å². The van der Waals surface area contributed by atoms with E-state index in [4.69, 9.17) is 18.0 Å². The number of hydrogen-bond donors (Lipinski definition) is 1. The Morgan fingerprint density at radius 1 is 1.42 bits per heavy atom. The van der Waals surface area contributed by atoms with Crippen molar-refractivity contribution in [2.45, 2.75) is 19.5 Å². The fourth-order valence-electron chi connectivity index (χ4n) is 1.75. The molecule has 0 atom stereocenters. The van der Waals surface area contributed by atoms with Crippen molar-refractivity contribution < 1.29 is 13.2 Å². The van der Waals surface area contributed by atoms with Crippen LogP contribution in [0.5, 0.6) is 0 Å². The molecule has 1 rings (SSSR count). The van der Waals surface area contributed by atoms with Crippen molar-refractivity contribution in [3.8, 4) is 0 Å². The Morgan fingerprint density at radius 3 is 2.53 bits per heavy atom. The molecule has 0 saturated carbocycles. The first kappa shape index (κ1) is 16.2. The SMILES string of the molecule is CCCN(CC(F)(F)F)c1cc(Br)ccc1C(N)=S. The summed E-state index contributed by atoms with van der Waals surface area (Å²) in [7, 11) is 0. The molecule has 0 spiro atoms. The van der Waals surface area contributed by atoms with E-state index in [9.17, 15) is 13.2 Å². The molecule has 0 radical (unpaired) electrons.